The summed E-state index contributed by atoms with van der Waals surface area (Å²) >= 11 is 0. The third-order valence-electron chi connectivity index (χ3n) is 3.02. The van der Waals surface area contributed by atoms with Gasteiger partial charge in [0.2, 0.25) is 0 Å². The molecule has 2 rings (SSSR count). The van der Waals surface area contributed by atoms with Gasteiger partial charge in [0.25, 0.3) is 0 Å². The van der Waals surface area contributed by atoms with Crippen LogP contribution in [0.5, 0.6) is 5.75 Å². The predicted octanol–water partition coefficient (Wildman–Crippen LogP) is 3.62. The van der Waals surface area contributed by atoms with Gasteiger partial charge < -0.3 is 9.84 Å². The van der Waals surface area contributed by atoms with Crippen LogP contribution in [0.2, 0.25) is 0 Å². The van der Waals surface area contributed by atoms with Crippen LogP contribution in [0.4, 0.5) is 0 Å². The first kappa shape index (κ1) is 15.2. The Bertz CT molecular complexity index is 625. The van der Waals surface area contributed by atoms with Crippen molar-refractivity contribution in [2.24, 2.45) is 0 Å². The van der Waals surface area contributed by atoms with Crippen LogP contribution in [0.15, 0.2) is 42.5 Å². The molecule has 0 aliphatic rings. The zero-order valence-corrected chi connectivity index (χ0v) is 12.5. The van der Waals surface area contributed by atoms with Crippen LogP contribution in [-0.2, 0) is 6.61 Å². The Labute approximate surface area is 126 Å². The SMILES string of the molecule is Cc1cc(C)cc(OCc2ccc(C#CCCO)cc2)c1. The molecule has 0 aliphatic carbocycles. The van der Waals surface area contributed by atoms with E-state index in [-0.39, 0.29) is 6.61 Å². The normalized spacial score (nSPS) is 9.86. The second-order valence-electron chi connectivity index (χ2n) is 5.08. The van der Waals surface area contributed by atoms with E-state index >= 15 is 0 Å². The van der Waals surface area contributed by atoms with E-state index in [1.807, 2.05) is 36.4 Å². The van der Waals surface area contributed by atoms with E-state index in [0.29, 0.717) is 13.0 Å². The monoisotopic (exact) mass is 280 g/mol. The van der Waals surface area contributed by atoms with Crippen molar-refractivity contribution < 1.29 is 9.84 Å². The molecule has 0 atom stereocenters. The van der Waals surface area contributed by atoms with Gasteiger partial charge in [0, 0.05) is 12.0 Å². The largest absolute Gasteiger partial charge is 0.489 e. The number of benzene rings is 2. The molecule has 0 aromatic heterocycles. The molecule has 0 amide bonds. The number of aryl methyl sites for hydroxylation is 2. The molecular formula is C19H20O2. The fourth-order valence-electron chi connectivity index (χ4n) is 2.09. The average molecular weight is 280 g/mol. The lowest BCUT2D eigenvalue weighted by molar-refractivity contribution is 0.305. The highest BCUT2D eigenvalue weighted by atomic mass is 16.5. The summed E-state index contributed by atoms with van der Waals surface area (Å²) in [7, 11) is 0. The lowest BCUT2D eigenvalue weighted by atomic mass is 10.1. The number of hydrogen-bond acceptors (Lipinski definition) is 2. The van der Waals surface area contributed by atoms with E-state index in [2.05, 4.69) is 31.8 Å². The summed E-state index contributed by atoms with van der Waals surface area (Å²) in [6.07, 6.45) is 0.511. The lowest BCUT2D eigenvalue weighted by Crippen LogP contribution is -1.96. The first-order valence-corrected chi connectivity index (χ1v) is 7.07. The van der Waals surface area contributed by atoms with Gasteiger partial charge in [0.15, 0.2) is 0 Å². The molecule has 0 saturated heterocycles. The second-order valence-corrected chi connectivity index (χ2v) is 5.08. The van der Waals surface area contributed by atoms with Gasteiger partial charge in [-0.1, -0.05) is 30.0 Å². The molecule has 0 fully saturated rings. The predicted molar refractivity (Wildman–Crippen MR) is 85.3 cm³/mol. The van der Waals surface area contributed by atoms with Crippen molar-refractivity contribution in [1.82, 2.24) is 0 Å². The Kier molecular flexibility index (Phi) is 5.43. The van der Waals surface area contributed by atoms with Gasteiger partial charge in [-0.15, -0.1) is 0 Å². The molecule has 0 heterocycles. The van der Waals surface area contributed by atoms with E-state index < -0.39 is 0 Å². The van der Waals surface area contributed by atoms with Gasteiger partial charge in [-0.25, -0.2) is 0 Å². The Morgan fingerprint density at radius 1 is 1.00 bits per heavy atom. The third-order valence-corrected chi connectivity index (χ3v) is 3.02. The molecule has 0 bridgehead atoms. The third kappa shape index (κ3) is 4.98. The molecule has 2 heteroatoms. The highest BCUT2D eigenvalue weighted by molar-refractivity contribution is 5.36. The molecule has 21 heavy (non-hydrogen) atoms. The number of aliphatic hydroxyl groups is 1. The maximum absolute atomic E-state index is 8.69. The minimum absolute atomic E-state index is 0.106. The summed E-state index contributed by atoms with van der Waals surface area (Å²) in [4.78, 5) is 0. The topological polar surface area (TPSA) is 29.5 Å². The van der Waals surface area contributed by atoms with Crippen molar-refractivity contribution in [1.29, 1.82) is 0 Å². The number of ether oxygens (including phenoxy) is 1. The Morgan fingerprint density at radius 3 is 2.29 bits per heavy atom. The molecule has 0 aliphatic heterocycles. The smallest absolute Gasteiger partial charge is 0.120 e. The first-order valence-electron chi connectivity index (χ1n) is 7.07. The fourth-order valence-corrected chi connectivity index (χ4v) is 2.09. The van der Waals surface area contributed by atoms with E-state index in [1.165, 1.54) is 11.1 Å². The van der Waals surface area contributed by atoms with Crippen molar-refractivity contribution in [3.05, 3.63) is 64.7 Å². The maximum atomic E-state index is 8.69. The molecule has 1 N–H and O–H groups in total. The molecule has 0 saturated carbocycles. The summed E-state index contributed by atoms with van der Waals surface area (Å²) in [6.45, 7) is 4.79. The van der Waals surface area contributed by atoms with Crippen LogP contribution >= 0.6 is 0 Å². The quantitative estimate of drug-likeness (QED) is 0.867. The van der Waals surface area contributed by atoms with Gasteiger partial charge >= 0.3 is 0 Å². The number of hydrogen-bond donors (Lipinski definition) is 1. The fraction of sp³-hybridized carbons (Fsp3) is 0.263. The summed E-state index contributed by atoms with van der Waals surface area (Å²) in [5, 5.41) is 8.69. The van der Waals surface area contributed by atoms with Crippen LogP contribution in [0.25, 0.3) is 0 Å². The minimum atomic E-state index is 0.106. The Morgan fingerprint density at radius 2 is 1.67 bits per heavy atom. The van der Waals surface area contributed by atoms with E-state index in [4.69, 9.17) is 9.84 Å². The summed E-state index contributed by atoms with van der Waals surface area (Å²) in [5.41, 5.74) is 4.49. The summed E-state index contributed by atoms with van der Waals surface area (Å²) in [6, 6.07) is 14.2. The Balaban J connectivity index is 1.96. The highest BCUT2D eigenvalue weighted by Crippen LogP contribution is 2.17. The first-order chi connectivity index (χ1) is 10.2. The molecule has 108 valence electrons. The zero-order valence-electron chi connectivity index (χ0n) is 12.5. The van der Waals surface area contributed by atoms with Gasteiger partial charge in [0.1, 0.15) is 12.4 Å². The lowest BCUT2D eigenvalue weighted by Gasteiger charge is -2.08. The standard InChI is InChI=1S/C19H20O2/c1-15-11-16(2)13-19(12-15)21-14-18-8-6-17(7-9-18)5-3-4-10-20/h6-9,11-13,20H,4,10,14H2,1-2H3. The van der Waals surface area contributed by atoms with E-state index in [9.17, 15) is 0 Å². The van der Waals surface area contributed by atoms with Crippen LogP contribution in [0.3, 0.4) is 0 Å². The molecule has 0 spiro atoms. The maximum Gasteiger partial charge on any atom is 0.120 e. The zero-order chi connectivity index (χ0) is 15.1. The molecule has 2 aromatic rings. The van der Waals surface area contributed by atoms with Crippen LogP contribution in [-0.4, -0.2) is 11.7 Å². The molecule has 0 unspecified atom stereocenters. The van der Waals surface area contributed by atoms with Crippen molar-refractivity contribution in [3.63, 3.8) is 0 Å². The average Bonchev–Trinajstić information content (AvgIpc) is 2.46. The van der Waals surface area contributed by atoms with Crippen LogP contribution in [0.1, 0.15) is 28.7 Å². The van der Waals surface area contributed by atoms with Gasteiger partial charge in [-0.05, 0) is 54.8 Å². The molecule has 2 aromatic carbocycles. The van der Waals surface area contributed by atoms with Gasteiger partial charge in [-0.2, -0.15) is 0 Å². The van der Waals surface area contributed by atoms with Crippen molar-refractivity contribution in [2.75, 3.05) is 6.61 Å². The minimum Gasteiger partial charge on any atom is -0.489 e. The van der Waals surface area contributed by atoms with E-state index in [1.54, 1.807) is 0 Å². The summed E-state index contributed by atoms with van der Waals surface area (Å²) < 4.78 is 5.82. The summed E-state index contributed by atoms with van der Waals surface area (Å²) in [5.74, 6) is 6.82. The van der Waals surface area contributed by atoms with Gasteiger partial charge in [-0.3, -0.25) is 0 Å². The van der Waals surface area contributed by atoms with Gasteiger partial charge in [0.05, 0.1) is 6.61 Å². The number of rotatable bonds is 4. The van der Waals surface area contributed by atoms with E-state index in [0.717, 1.165) is 16.9 Å². The molecule has 2 nitrogen and oxygen atoms in total. The number of aliphatic hydroxyl groups excluding tert-OH is 1. The van der Waals surface area contributed by atoms with Crippen molar-refractivity contribution in [3.8, 4) is 17.6 Å². The highest BCUT2D eigenvalue weighted by Gasteiger charge is 1.98. The Hall–Kier alpha value is -2.24. The second kappa shape index (κ2) is 7.52. The van der Waals surface area contributed by atoms with Crippen LogP contribution in [0, 0.1) is 25.7 Å². The van der Waals surface area contributed by atoms with Crippen molar-refractivity contribution >= 4 is 0 Å². The molecular weight excluding hydrogens is 260 g/mol. The van der Waals surface area contributed by atoms with Crippen LogP contribution < -0.4 is 4.74 Å². The molecule has 0 radical (unpaired) electrons. The van der Waals surface area contributed by atoms with Crippen molar-refractivity contribution in [2.45, 2.75) is 26.9 Å².